The Morgan fingerprint density at radius 3 is 2.76 bits per heavy atom. The molecule has 5 nitrogen and oxygen atoms in total. The lowest BCUT2D eigenvalue weighted by Gasteiger charge is -2.44. The summed E-state index contributed by atoms with van der Waals surface area (Å²) in [5.41, 5.74) is 1.38. The highest BCUT2D eigenvalue weighted by Crippen LogP contribution is 2.46. The highest BCUT2D eigenvalue weighted by atomic mass is 35.5. The van der Waals surface area contributed by atoms with Crippen LogP contribution in [0.4, 0.5) is 0 Å². The molecule has 6 heteroatoms. The highest BCUT2D eigenvalue weighted by molar-refractivity contribution is 6.31. The van der Waals surface area contributed by atoms with E-state index in [4.69, 9.17) is 16.3 Å². The zero-order valence-electron chi connectivity index (χ0n) is 15.1. The minimum Gasteiger partial charge on any atom is -0.483 e. The third-order valence-corrected chi connectivity index (χ3v) is 5.90. The van der Waals surface area contributed by atoms with Crippen molar-refractivity contribution in [3.05, 3.63) is 41.4 Å². The maximum Gasteiger partial charge on any atom is 0.181 e. The lowest BCUT2D eigenvalue weighted by Crippen LogP contribution is -2.41. The number of aliphatic hydroxyl groups is 1. The fraction of sp³-hybridized carbons (Fsp3) is 0.526. The molecule has 1 atom stereocenters. The summed E-state index contributed by atoms with van der Waals surface area (Å²) in [6.45, 7) is 9.98. The number of aromatic amines is 1. The summed E-state index contributed by atoms with van der Waals surface area (Å²) >= 11 is 6.25. The van der Waals surface area contributed by atoms with Gasteiger partial charge in [-0.15, -0.1) is 0 Å². The minimum absolute atomic E-state index is 0.288. The zero-order valence-corrected chi connectivity index (χ0v) is 15.8. The summed E-state index contributed by atoms with van der Waals surface area (Å²) < 4.78 is 5.24. The Balaban J connectivity index is 1.82. The predicted molar refractivity (Wildman–Crippen MR) is 100 cm³/mol. The van der Waals surface area contributed by atoms with E-state index < -0.39 is 6.10 Å². The van der Waals surface area contributed by atoms with Crippen LogP contribution in [0.15, 0.2) is 30.8 Å². The van der Waals surface area contributed by atoms with Crippen LogP contribution in [0, 0.1) is 11.3 Å². The monoisotopic (exact) mass is 363 g/mol. The van der Waals surface area contributed by atoms with Crippen LogP contribution < -0.4 is 0 Å². The summed E-state index contributed by atoms with van der Waals surface area (Å²) in [6.07, 6.45) is 3.08. The van der Waals surface area contributed by atoms with Crippen molar-refractivity contribution in [2.45, 2.75) is 32.8 Å². The van der Waals surface area contributed by atoms with E-state index in [2.05, 4.69) is 35.5 Å². The number of rotatable bonds is 5. The molecule has 0 bridgehead atoms. The molecule has 2 heterocycles. The van der Waals surface area contributed by atoms with Gasteiger partial charge in [0, 0.05) is 29.1 Å². The fourth-order valence-corrected chi connectivity index (χ4v) is 4.12. The Kier molecular flexibility index (Phi) is 4.98. The van der Waals surface area contributed by atoms with Gasteiger partial charge in [0.15, 0.2) is 5.88 Å². The quantitative estimate of drug-likeness (QED) is 0.785. The highest BCUT2D eigenvalue weighted by Gasteiger charge is 2.40. The molecule has 1 aliphatic heterocycles. The largest absolute Gasteiger partial charge is 0.483 e. The van der Waals surface area contributed by atoms with Gasteiger partial charge in [0.05, 0.1) is 24.9 Å². The van der Waals surface area contributed by atoms with Crippen molar-refractivity contribution in [2.75, 3.05) is 20.2 Å². The molecule has 25 heavy (non-hydrogen) atoms. The molecule has 0 unspecified atom stereocenters. The predicted octanol–water partition coefficient (Wildman–Crippen LogP) is 4.11. The van der Waals surface area contributed by atoms with Crippen LogP contribution in [0.5, 0.6) is 0 Å². The van der Waals surface area contributed by atoms with Crippen LogP contribution in [-0.2, 0) is 4.74 Å². The smallest absolute Gasteiger partial charge is 0.181 e. The van der Waals surface area contributed by atoms with Gasteiger partial charge in [-0.2, -0.15) is 5.10 Å². The molecule has 0 spiro atoms. The minimum atomic E-state index is -0.628. The van der Waals surface area contributed by atoms with Gasteiger partial charge < -0.3 is 14.7 Å². The molecule has 0 amide bonds. The Bertz CT molecular complexity index is 763. The molecule has 1 aromatic carbocycles. The number of nitrogens with one attached hydrogen (secondary N) is 1. The molecule has 2 aromatic rings. The normalized spacial score (nSPS) is 17.7. The number of fused-ring (bicyclic) bond motifs is 1. The van der Waals surface area contributed by atoms with E-state index >= 15 is 0 Å². The van der Waals surface area contributed by atoms with Crippen molar-refractivity contribution in [1.29, 1.82) is 0 Å². The van der Waals surface area contributed by atoms with Gasteiger partial charge in [0.25, 0.3) is 0 Å². The number of methoxy groups -OCH3 is 1. The number of halogens is 1. The van der Waals surface area contributed by atoms with Crippen molar-refractivity contribution in [3.63, 3.8) is 0 Å². The van der Waals surface area contributed by atoms with Crippen LogP contribution in [0.25, 0.3) is 10.9 Å². The third-order valence-electron chi connectivity index (χ3n) is 5.68. The van der Waals surface area contributed by atoms with E-state index in [0.29, 0.717) is 16.8 Å². The SMILES string of the molecule is C=C(OC)N1CCC(C(C)(C)[C@H](O)c2cc(Cl)cc3cn[nH]c23)CC1. The molecule has 3 rings (SSSR count). The summed E-state index contributed by atoms with van der Waals surface area (Å²) in [5, 5.41) is 19.8. The van der Waals surface area contributed by atoms with Crippen molar-refractivity contribution in [1.82, 2.24) is 15.1 Å². The topological polar surface area (TPSA) is 61.4 Å². The van der Waals surface area contributed by atoms with E-state index in [0.717, 1.165) is 42.4 Å². The summed E-state index contributed by atoms with van der Waals surface area (Å²) in [6, 6.07) is 3.70. The van der Waals surface area contributed by atoms with Crippen LogP contribution >= 0.6 is 11.6 Å². The van der Waals surface area contributed by atoms with Gasteiger partial charge in [-0.3, -0.25) is 5.10 Å². The molecule has 1 aromatic heterocycles. The van der Waals surface area contributed by atoms with Gasteiger partial charge >= 0.3 is 0 Å². The number of hydrogen-bond acceptors (Lipinski definition) is 4. The lowest BCUT2D eigenvalue weighted by molar-refractivity contribution is -0.0206. The summed E-state index contributed by atoms with van der Waals surface area (Å²) in [4.78, 5) is 2.16. The molecule has 1 saturated heterocycles. The molecule has 1 fully saturated rings. The second-order valence-electron chi connectivity index (χ2n) is 7.41. The number of hydrogen-bond donors (Lipinski definition) is 2. The second-order valence-corrected chi connectivity index (χ2v) is 7.85. The zero-order chi connectivity index (χ0) is 18.2. The van der Waals surface area contributed by atoms with Crippen LogP contribution in [0.1, 0.15) is 38.4 Å². The van der Waals surface area contributed by atoms with Crippen molar-refractivity contribution < 1.29 is 9.84 Å². The molecule has 0 aliphatic carbocycles. The summed E-state index contributed by atoms with van der Waals surface area (Å²) in [7, 11) is 1.65. The van der Waals surface area contributed by atoms with Crippen molar-refractivity contribution >= 4 is 22.5 Å². The molecular weight excluding hydrogens is 338 g/mol. The molecule has 1 aliphatic rings. The first-order valence-electron chi connectivity index (χ1n) is 8.63. The first-order valence-corrected chi connectivity index (χ1v) is 9.00. The van der Waals surface area contributed by atoms with E-state index in [9.17, 15) is 5.11 Å². The standard InChI is InChI=1S/C19H26ClN3O2/c1-12(25-4)23-7-5-14(6-8-23)19(2,3)18(24)16-10-15(20)9-13-11-21-22-17(13)16/h9-11,14,18,24H,1,5-8H2,2-4H3,(H,21,22)/t18-/m1/s1. The second kappa shape index (κ2) is 6.89. The van der Waals surface area contributed by atoms with Gasteiger partial charge in [-0.1, -0.05) is 25.4 Å². The van der Waals surface area contributed by atoms with Crippen LogP contribution in [0.2, 0.25) is 5.02 Å². The van der Waals surface area contributed by atoms with E-state index in [1.807, 2.05) is 12.1 Å². The van der Waals surface area contributed by atoms with Crippen molar-refractivity contribution in [3.8, 4) is 0 Å². The van der Waals surface area contributed by atoms with Gasteiger partial charge in [0.1, 0.15) is 0 Å². The molecule has 0 radical (unpaired) electrons. The number of ether oxygens (including phenoxy) is 1. The number of benzene rings is 1. The Morgan fingerprint density at radius 2 is 2.12 bits per heavy atom. The molecular formula is C19H26ClN3O2. The third kappa shape index (κ3) is 3.35. The van der Waals surface area contributed by atoms with Gasteiger partial charge in [0.2, 0.25) is 0 Å². The molecule has 136 valence electrons. The number of nitrogens with zero attached hydrogens (tertiary/aromatic N) is 2. The average molecular weight is 364 g/mol. The van der Waals surface area contributed by atoms with E-state index in [1.54, 1.807) is 13.3 Å². The molecule has 0 saturated carbocycles. The number of aromatic nitrogens is 2. The van der Waals surface area contributed by atoms with E-state index in [1.165, 1.54) is 0 Å². The lowest BCUT2D eigenvalue weighted by atomic mass is 9.68. The number of piperidine rings is 1. The van der Waals surface area contributed by atoms with E-state index in [-0.39, 0.29) is 5.41 Å². The fourth-order valence-electron chi connectivity index (χ4n) is 3.89. The number of likely N-dealkylation sites (tertiary alicyclic amines) is 1. The Hall–Kier alpha value is -1.72. The maximum absolute atomic E-state index is 11.2. The van der Waals surface area contributed by atoms with Crippen LogP contribution in [-0.4, -0.2) is 40.4 Å². The maximum atomic E-state index is 11.2. The average Bonchev–Trinajstić information content (AvgIpc) is 3.08. The van der Waals surface area contributed by atoms with Crippen LogP contribution in [0.3, 0.4) is 0 Å². The van der Waals surface area contributed by atoms with Gasteiger partial charge in [-0.25, -0.2) is 0 Å². The first-order chi connectivity index (χ1) is 11.8. The van der Waals surface area contributed by atoms with Gasteiger partial charge in [-0.05, 0) is 42.9 Å². The summed E-state index contributed by atoms with van der Waals surface area (Å²) in [5.74, 6) is 1.10. The number of aliphatic hydroxyl groups excluding tert-OH is 1. The molecule has 2 N–H and O–H groups in total. The Labute approximate surface area is 153 Å². The van der Waals surface area contributed by atoms with Crippen molar-refractivity contribution in [2.24, 2.45) is 11.3 Å². The number of H-pyrrole nitrogens is 1. The first kappa shape index (κ1) is 18.1. The Morgan fingerprint density at radius 1 is 1.44 bits per heavy atom.